The average Bonchev–Trinajstić information content (AvgIpc) is 2.71. The van der Waals surface area contributed by atoms with Gasteiger partial charge >= 0.3 is 0 Å². The quantitative estimate of drug-likeness (QED) is 0.598. The van der Waals surface area contributed by atoms with Crippen molar-refractivity contribution < 1.29 is 14.3 Å². The van der Waals surface area contributed by atoms with Crippen molar-refractivity contribution in [3.05, 3.63) is 71.4 Å². The van der Waals surface area contributed by atoms with Crippen LogP contribution in [0.2, 0.25) is 5.02 Å². The second-order valence-electron chi connectivity index (χ2n) is 5.96. The van der Waals surface area contributed by atoms with Gasteiger partial charge in [0.25, 0.3) is 5.91 Å². The van der Waals surface area contributed by atoms with Crippen LogP contribution in [0.4, 0.5) is 17.2 Å². The van der Waals surface area contributed by atoms with E-state index in [0.717, 1.165) is 11.3 Å². The van der Waals surface area contributed by atoms with Crippen LogP contribution in [0.1, 0.15) is 5.56 Å². The number of hydrogen-bond donors (Lipinski definition) is 2. The number of amides is 1. The zero-order valence-electron chi connectivity index (χ0n) is 15.5. The van der Waals surface area contributed by atoms with Gasteiger partial charge in [-0.15, -0.1) is 0 Å². The Balaban J connectivity index is 1.56. The third-order valence-electron chi connectivity index (χ3n) is 4.01. The molecule has 0 aliphatic heterocycles. The third-order valence-corrected chi connectivity index (χ3v) is 4.41. The van der Waals surface area contributed by atoms with E-state index in [1.54, 1.807) is 37.6 Å². The van der Waals surface area contributed by atoms with Crippen molar-refractivity contribution in [2.75, 3.05) is 24.4 Å². The van der Waals surface area contributed by atoms with Crippen molar-refractivity contribution in [2.45, 2.75) is 6.92 Å². The van der Waals surface area contributed by atoms with Crippen molar-refractivity contribution in [3.8, 4) is 11.5 Å². The molecule has 0 radical (unpaired) electrons. The fourth-order valence-electron chi connectivity index (χ4n) is 2.50. The van der Waals surface area contributed by atoms with E-state index in [9.17, 15) is 4.79 Å². The van der Waals surface area contributed by atoms with Crippen LogP contribution < -0.4 is 20.1 Å². The van der Waals surface area contributed by atoms with Crippen LogP contribution in [0.15, 0.2) is 60.8 Å². The van der Waals surface area contributed by atoms with Gasteiger partial charge in [0, 0.05) is 10.7 Å². The number of carbonyl (C=O) groups excluding carboxylic acids is 1. The largest absolute Gasteiger partial charge is 0.493 e. The van der Waals surface area contributed by atoms with Crippen LogP contribution in [0.5, 0.6) is 11.5 Å². The van der Waals surface area contributed by atoms with E-state index in [0.29, 0.717) is 28.0 Å². The van der Waals surface area contributed by atoms with E-state index in [4.69, 9.17) is 21.1 Å². The molecule has 0 fully saturated rings. The van der Waals surface area contributed by atoms with Gasteiger partial charge in [-0.1, -0.05) is 29.8 Å². The maximum absolute atomic E-state index is 12.1. The van der Waals surface area contributed by atoms with E-state index in [1.807, 2.05) is 37.3 Å². The first kappa shape index (κ1) is 19.5. The van der Waals surface area contributed by atoms with Gasteiger partial charge in [0.15, 0.2) is 18.1 Å². The highest BCUT2D eigenvalue weighted by Gasteiger charge is 2.08. The summed E-state index contributed by atoms with van der Waals surface area (Å²) >= 11 is 6.13. The molecule has 3 aromatic rings. The minimum absolute atomic E-state index is 0.137. The van der Waals surface area contributed by atoms with Crippen molar-refractivity contribution in [1.29, 1.82) is 0 Å². The number of rotatable bonds is 7. The molecular formula is C21H20ClN3O3. The normalized spacial score (nSPS) is 10.2. The van der Waals surface area contributed by atoms with Gasteiger partial charge in [0.2, 0.25) is 0 Å². The summed E-state index contributed by atoms with van der Waals surface area (Å²) in [6.07, 6.45) is 1.57. The third kappa shape index (κ3) is 4.92. The second kappa shape index (κ2) is 9.10. The van der Waals surface area contributed by atoms with Crippen LogP contribution in [0.3, 0.4) is 0 Å². The summed E-state index contributed by atoms with van der Waals surface area (Å²) in [6.45, 7) is 1.79. The topological polar surface area (TPSA) is 72.5 Å². The van der Waals surface area contributed by atoms with Gasteiger partial charge in [-0.05, 0) is 48.9 Å². The van der Waals surface area contributed by atoms with Gasteiger partial charge in [0.1, 0.15) is 5.82 Å². The highest BCUT2D eigenvalue weighted by atomic mass is 35.5. The fourth-order valence-corrected chi connectivity index (χ4v) is 2.68. The van der Waals surface area contributed by atoms with Crippen molar-refractivity contribution in [2.24, 2.45) is 0 Å². The number of carbonyl (C=O) groups is 1. The highest BCUT2D eigenvalue weighted by molar-refractivity contribution is 6.31. The van der Waals surface area contributed by atoms with Gasteiger partial charge in [-0.3, -0.25) is 4.79 Å². The Kier molecular flexibility index (Phi) is 6.34. The smallest absolute Gasteiger partial charge is 0.262 e. The number of pyridine rings is 1. The molecule has 0 aliphatic rings. The summed E-state index contributed by atoms with van der Waals surface area (Å²) in [4.78, 5) is 16.4. The van der Waals surface area contributed by atoms with Crippen molar-refractivity contribution in [3.63, 3.8) is 0 Å². The first-order chi connectivity index (χ1) is 13.6. The minimum atomic E-state index is -0.292. The van der Waals surface area contributed by atoms with Crippen LogP contribution in [-0.4, -0.2) is 24.6 Å². The van der Waals surface area contributed by atoms with Crippen LogP contribution in [-0.2, 0) is 4.79 Å². The fraction of sp³-hybridized carbons (Fsp3) is 0.143. The number of ether oxygens (including phenoxy) is 2. The van der Waals surface area contributed by atoms with E-state index >= 15 is 0 Å². The molecule has 3 rings (SSSR count). The molecule has 2 N–H and O–H groups in total. The summed E-state index contributed by atoms with van der Waals surface area (Å²) < 4.78 is 10.7. The molecular weight excluding hydrogens is 378 g/mol. The lowest BCUT2D eigenvalue weighted by molar-refractivity contribution is -0.118. The van der Waals surface area contributed by atoms with Gasteiger partial charge in [-0.25, -0.2) is 4.98 Å². The second-order valence-corrected chi connectivity index (χ2v) is 6.36. The predicted molar refractivity (Wildman–Crippen MR) is 111 cm³/mol. The van der Waals surface area contributed by atoms with Crippen LogP contribution in [0.25, 0.3) is 0 Å². The summed E-state index contributed by atoms with van der Waals surface area (Å²) in [6, 6.07) is 16.3. The summed E-state index contributed by atoms with van der Waals surface area (Å²) in [7, 11) is 1.55. The SMILES string of the molecule is COc1ccccc1OCC(=O)Nc1ccc(Nc2cccc(Cl)c2C)nc1. The summed E-state index contributed by atoms with van der Waals surface area (Å²) in [5.41, 5.74) is 2.39. The number of aromatic nitrogens is 1. The van der Waals surface area contributed by atoms with Gasteiger partial charge in [-0.2, -0.15) is 0 Å². The zero-order chi connectivity index (χ0) is 19.9. The molecule has 1 aromatic heterocycles. The molecule has 0 saturated heterocycles. The standard InChI is InChI=1S/C21H20ClN3O3/c1-14-16(22)6-5-7-17(14)25-20-11-10-15(12-23-20)24-21(26)13-28-19-9-4-3-8-18(19)27-2/h3-12H,13H2,1-2H3,(H,23,25)(H,24,26). The number of benzene rings is 2. The Hall–Kier alpha value is -3.25. The molecule has 1 amide bonds. The molecule has 2 aromatic carbocycles. The number of methoxy groups -OCH3 is 1. The Bertz CT molecular complexity index is 961. The lowest BCUT2D eigenvalue weighted by Gasteiger charge is -2.12. The monoisotopic (exact) mass is 397 g/mol. The molecule has 0 unspecified atom stereocenters. The first-order valence-corrected chi connectivity index (χ1v) is 8.98. The molecule has 0 bridgehead atoms. The lowest BCUT2D eigenvalue weighted by Crippen LogP contribution is -2.20. The van der Waals surface area contributed by atoms with E-state index in [-0.39, 0.29) is 12.5 Å². The number of anilines is 3. The molecule has 1 heterocycles. The summed E-state index contributed by atoms with van der Waals surface area (Å²) in [5.74, 6) is 1.44. The number of halogens is 1. The maximum Gasteiger partial charge on any atom is 0.262 e. The molecule has 0 atom stereocenters. The van der Waals surface area contributed by atoms with Crippen molar-refractivity contribution in [1.82, 2.24) is 4.98 Å². The Labute approximate surface area is 168 Å². The number of nitrogens with one attached hydrogen (secondary N) is 2. The average molecular weight is 398 g/mol. The molecule has 28 heavy (non-hydrogen) atoms. The number of para-hydroxylation sites is 2. The highest BCUT2D eigenvalue weighted by Crippen LogP contribution is 2.26. The van der Waals surface area contributed by atoms with E-state index in [2.05, 4.69) is 15.6 Å². The lowest BCUT2D eigenvalue weighted by atomic mass is 10.2. The van der Waals surface area contributed by atoms with Crippen LogP contribution in [0, 0.1) is 6.92 Å². The number of hydrogen-bond acceptors (Lipinski definition) is 5. The molecule has 6 nitrogen and oxygen atoms in total. The Morgan fingerprint density at radius 3 is 2.57 bits per heavy atom. The molecule has 0 saturated carbocycles. The first-order valence-electron chi connectivity index (χ1n) is 8.60. The van der Waals surface area contributed by atoms with E-state index in [1.165, 1.54) is 0 Å². The Morgan fingerprint density at radius 1 is 1.07 bits per heavy atom. The number of nitrogens with zero attached hydrogens (tertiary/aromatic N) is 1. The van der Waals surface area contributed by atoms with Crippen LogP contribution >= 0.6 is 11.6 Å². The maximum atomic E-state index is 12.1. The summed E-state index contributed by atoms with van der Waals surface area (Å²) in [5, 5.41) is 6.64. The van der Waals surface area contributed by atoms with Gasteiger partial charge in [0.05, 0.1) is 19.0 Å². The molecule has 144 valence electrons. The van der Waals surface area contributed by atoms with Gasteiger partial charge < -0.3 is 20.1 Å². The Morgan fingerprint density at radius 2 is 1.86 bits per heavy atom. The van der Waals surface area contributed by atoms with E-state index < -0.39 is 0 Å². The molecule has 0 aliphatic carbocycles. The molecule has 7 heteroatoms. The zero-order valence-corrected chi connectivity index (χ0v) is 16.3. The predicted octanol–water partition coefficient (Wildman–Crippen LogP) is 4.81. The minimum Gasteiger partial charge on any atom is -0.493 e. The molecule has 0 spiro atoms. The van der Waals surface area contributed by atoms with Crippen molar-refractivity contribution >= 4 is 34.7 Å².